The van der Waals surface area contributed by atoms with E-state index in [-0.39, 0.29) is 17.0 Å². The molecule has 1 atom stereocenters. The Hall–Kier alpha value is -1.94. The Balaban J connectivity index is 2.17. The fourth-order valence-electron chi connectivity index (χ4n) is 2.20. The van der Waals surface area contributed by atoms with Gasteiger partial charge in [0.2, 0.25) is 0 Å². The number of hydrogen-bond donors (Lipinski definition) is 1. The van der Waals surface area contributed by atoms with Gasteiger partial charge in [-0.3, -0.25) is 9.36 Å². The van der Waals surface area contributed by atoms with Crippen LogP contribution in [0.25, 0.3) is 0 Å². The Morgan fingerprint density at radius 1 is 1.24 bits per heavy atom. The molecule has 2 aromatic rings. The fourth-order valence-corrected chi connectivity index (χ4v) is 2.20. The molecule has 1 aromatic carbocycles. The molecule has 1 aromatic heterocycles. The van der Waals surface area contributed by atoms with Crippen LogP contribution < -0.4 is 11.3 Å². The van der Waals surface area contributed by atoms with E-state index in [9.17, 15) is 4.79 Å². The third-order valence-electron chi connectivity index (χ3n) is 3.61. The van der Waals surface area contributed by atoms with Gasteiger partial charge in [-0.2, -0.15) is 0 Å². The van der Waals surface area contributed by atoms with Crippen molar-refractivity contribution in [3.63, 3.8) is 0 Å². The number of aromatic nitrogens is 2. The van der Waals surface area contributed by atoms with Crippen molar-refractivity contribution in [2.75, 3.05) is 0 Å². The van der Waals surface area contributed by atoms with E-state index in [2.05, 4.69) is 37.9 Å². The average Bonchev–Trinajstić information content (AvgIpc) is 2.41. The van der Waals surface area contributed by atoms with Gasteiger partial charge < -0.3 is 5.73 Å². The molecule has 4 nitrogen and oxygen atoms in total. The van der Waals surface area contributed by atoms with Gasteiger partial charge in [0.25, 0.3) is 5.56 Å². The standard InChI is InChI=1S/C17H23N3O/c1-12-9-16(21)20(11-19-12)10-15(18)13-5-7-14(8-6-13)17(2,3)4/h5-9,11,15H,10,18H2,1-4H3. The molecule has 1 unspecified atom stereocenters. The van der Waals surface area contributed by atoms with Crippen LogP contribution in [0.5, 0.6) is 0 Å². The van der Waals surface area contributed by atoms with Crippen LogP contribution in [-0.4, -0.2) is 9.55 Å². The van der Waals surface area contributed by atoms with Crippen LogP contribution in [-0.2, 0) is 12.0 Å². The molecule has 2 N–H and O–H groups in total. The van der Waals surface area contributed by atoms with Crippen LogP contribution in [0, 0.1) is 6.92 Å². The Labute approximate surface area is 125 Å². The number of rotatable bonds is 3. The summed E-state index contributed by atoms with van der Waals surface area (Å²) in [5.74, 6) is 0. The summed E-state index contributed by atoms with van der Waals surface area (Å²) >= 11 is 0. The SMILES string of the molecule is Cc1cc(=O)n(CC(N)c2ccc(C(C)(C)C)cc2)cn1. The van der Waals surface area contributed by atoms with Gasteiger partial charge in [-0.1, -0.05) is 45.0 Å². The van der Waals surface area contributed by atoms with Crippen molar-refractivity contribution in [1.82, 2.24) is 9.55 Å². The van der Waals surface area contributed by atoms with Crippen LogP contribution in [0.3, 0.4) is 0 Å². The molecule has 0 fully saturated rings. The average molecular weight is 285 g/mol. The highest BCUT2D eigenvalue weighted by Crippen LogP contribution is 2.23. The molecule has 0 saturated carbocycles. The number of hydrogen-bond acceptors (Lipinski definition) is 3. The van der Waals surface area contributed by atoms with Crippen molar-refractivity contribution < 1.29 is 0 Å². The van der Waals surface area contributed by atoms with E-state index in [4.69, 9.17) is 5.73 Å². The van der Waals surface area contributed by atoms with Gasteiger partial charge in [0.05, 0.1) is 6.33 Å². The first-order valence-electron chi connectivity index (χ1n) is 7.16. The van der Waals surface area contributed by atoms with Gasteiger partial charge in [-0.25, -0.2) is 4.98 Å². The van der Waals surface area contributed by atoms with E-state index >= 15 is 0 Å². The van der Waals surface area contributed by atoms with Crippen molar-refractivity contribution in [1.29, 1.82) is 0 Å². The van der Waals surface area contributed by atoms with Gasteiger partial charge in [-0.05, 0) is 23.5 Å². The summed E-state index contributed by atoms with van der Waals surface area (Å²) in [6, 6.07) is 9.59. The third kappa shape index (κ3) is 3.79. The maximum absolute atomic E-state index is 11.9. The molecule has 21 heavy (non-hydrogen) atoms. The maximum Gasteiger partial charge on any atom is 0.253 e. The molecule has 2 rings (SSSR count). The maximum atomic E-state index is 11.9. The molecule has 0 saturated heterocycles. The van der Waals surface area contributed by atoms with E-state index in [0.29, 0.717) is 6.54 Å². The predicted molar refractivity (Wildman–Crippen MR) is 85.3 cm³/mol. The highest BCUT2D eigenvalue weighted by atomic mass is 16.1. The second-order valence-corrected chi connectivity index (χ2v) is 6.50. The lowest BCUT2D eigenvalue weighted by Gasteiger charge is -2.20. The first kappa shape index (κ1) is 15.4. The summed E-state index contributed by atoms with van der Waals surface area (Å²) in [5, 5.41) is 0. The molecular formula is C17H23N3O. The molecule has 4 heteroatoms. The quantitative estimate of drug-likeness (QED) is 0.942. The van der Waals surface area contributed by atoms with E-state index in [0.717, 1.165) is 11.3 Å². The van der Waals surface area contributed by atoms with Gasteiger partial charge in [0.1, 0.15) is 0 Å². The fraction of sp³-hybridized carbons (Fsp3) is 0.412. The van der Waals surface area contributed by atoms with Crippen LogP contribution in [0.15, 0.2) is 41.5 Å². The molecule has 0 aliphatic rings. The molecular weight excluding hydrogens is 262 g/mol. The molecule has 0 spiro atoms. The number of nitrogens with two attached hydrogens (primary N) is 1. The van der Waals surface area contributed by atoms with Crippen molar-refractivity contribution in [3.05, 3.63) is 63.8 Å². The monoisotopic (exact) mass is 285 g/mol. The van der Waals surface area contributed by atoms with E-state index < -0.39 is 0 Å². The Morgan fingerprint density at radius 3 is 2.38 bits per heavy atom. The molecule has 0 amide bonds. The minimum atomic E-state index is -0.221. The molecule has 112 valence electrons. The second kappa shape index (κ2) is 5.82. The lowest BCUT2D eigenvalue weighted by atomic mass is 9.86. The summed E-state index contributed by atoms with van der Waals surface area (Å²) in [6.07, 6.45) is 1.56. The summed E-state index contributed by atoms with van der Waals surface area (Å²) in [7, 11) is 0. The van der Waals surface area contributed by atoms with Crippen molar-refractivity contribution in [2.45, 2.75) is 45.7 Å². The van der Waals surface area contributed by atoms with Crippen LogP contribution in [0.2, 0.25) is 0 Å². The van der Waals surface area contributed by atoms with Crippen molar-refractivity contribution in [2.24, 2.45) is 5.73 Å². The van der Waals surface area contributed by atoms with Crippen LogP contribution in [0.4, 0.5) is 0 Å². The molecule has 1 heterocycles. The molecule has 0 aliphatic heterocycles. The smallest absolute Gasteiger partial charge is 0.253 e. The molecule has 0 aliphatic carbocycles. The zero-order valence-electron chi connectivity index (χ0n) is 13.1. The highest BCUT2D eigenvalue weighted by molar-refractivity contribution is 5.29. The topological polar surface area (TPSA) is 60.9 Å². The van der Waals surface area contributed by atoms with Crippen LogP contribution in [0.1, 0.15) is 43.6 Å². The van der Waals surface area contributed by atoms with E-state index in [1.54, 1.807) is 17.8 Å². The molecule has 0 bridgehead atoms. The third-order valence-corrected chi connectivity index (χ3v) is 3.61. The van der Waals surface area contributed by atoms with E-state index in [1.165, 1.54) is 11.6 Å². The van der Waals surface area contributed by atoms with E-state index in [1.807, 2.05) is 12.1 Å². The zero-order valence-corrected chi connectivity index (χ0v) is 13.1. The lowest BCUT2D eigenvalue weighted by molar-refractivity contribution is 0.551. The second-order valence-electron chi connectivity index (χ2n) is 6.50. The largest absolute Gasteiger partial charge is 0.322 e. The summed E-state index contributed by atoms with van der Waals surface area (Å²) in [6.45, 7) is 8.77. The number of aryl methyl sites for hydroxylation is 1. The van der Waals surface area contributed by atoms with Crippen LogP contribution >= 0.6 is 0 Å². The first-order chi connectivity index (χ1) is 9.77. The highest BCUT2D eigenvalue weighted by Gasteiger charge is 2.14. The molecule has 0 radical (unpaired) electrons. The van der Waals surface area contributed by atoms with Gasteiger partial charge in [0.15, 0.2) is 0 Å². The number of nitrogens with zero attached hydrogens (tertiary/aromatic N) is 2. The number of benzene rings is 1. The summed E-state index contributed by atoms with van der Waals surface area (Å²) in [4.78, 5) is 16.0. The normalized spacial score (nSPS) is 13.2. The Bertz CT molecular complexity index is 666. The Kier molecular flexibility index (Phi) is 4.28. The minimum Gasteiger partial charge on any atom is -0.322 e. The predicted octanol–water partition coefficient (Wildman–Crippen LogP) is 2.55. The Morgan fingerprint density at radius 2 is 1.86 bits per heavy atom. The van der Waals surface area contributed by atoms with Gasteiger partial charge >= 0.3 is 0 Å². The van der Waals surface area contributed by atoms with Gasteiger partial charge in [-0.15, -0.1) is 0 Å². The van der Waals surface area contributed by atoms with Crippen molar-refractivity contribution >= 4 is 0 Å². The van der Waals surface area contributed by atoms with Gasteiger partial charge in [0, 0.05) is 24.3 Å². The summed E-state index contributed by atoms with van der Waals surface area (Å²) < 4.78 is 1.55. The summed E-state index contributed by atoms with van der Waals surface area (Å²) in [5.41, 5.74) is 9.28. The lowest BCUT2D eigenvalue weighted by Crippen LogP contribution is -2.26. The first-order valence-corrected chi connectivity index (χ1v) is 7.16. The minimum absolute atomic E-state index is 0.0655. The van der Waals surface area contributed by atoms with Crippen molar-refractivity contribution in [3.8, 4) is 0 Å². The zero-order chi connectivity index (χ0) is 15.6.